The summed E-state index contributed by atoms with van der Waals surface area (Å²) in [6.45, 7) is 0. The maximum Gasteiger partial charge on any atom is 0.371 e. The Labute approximate surface area is 107 Å². The number of nitrogens with one attached hydrogen (secondary N) is 1. The summed E-state index contributed by atoms with van der Waals surface area (Å²) in [5, 5.41) is 11.6. The van der Waals surface area contributed by atoms with E-state index >= 15 is 0 Å². The number of carbonyl (C=O) groups excluding carboxylic acids is 1. The molecule has 1 amide bonds. The second kappa shape index (κ2) is 4.93. The van der Waals surface area contributed by atoms with Crippen molar-refractivity contribution >= 4 is 29.2 Å². The molecule has 1 aromatic heterocycles. The predicted octanol–water partition coefficient (Wildman–Crippen LogP) is 2.88. The Morgan fingerprint density at radius 2 is 1.78 bits per heavy atom. The highest BCUT2D eigenvalue weighted by Crippen LogP contribution is 2.21. The van der Waals surface area contributed by atoms with Crippen LogP contribution in [0.25, 0.3) is 0 Å². The van der Waals surface area contributed by atoms with Gasteiger partial charge in [-0.15, -0.1) is 0 Å². The number of carboxylic acids is 1. The van der Waals surface area contributed by atoms with Crippen LogP contribution in [0.2, 0.25) is 5.02 Å². The Morgan fingerprint density at radius 1 is 1.11 bits per heavy atom. The highest BCUT2D eigenvalue weighted by molar-refractivity contribution is 6.33. The lowest BCUT2D eigenvalue weighted by Crippen LogP contribution is -2.11. The molecule has 2 aromatic rings. The lowest BCUT2D eigenvalue weighted by molar-refractivity contribution is 0.0660. The van der Waals surface area contributed by atoms with Crippen molar-refractivity contribution in [3.05, 3.63) is 52.9 Å². The van der Waals surface area contributed by atoms with Gasteiger partial charge in [-0.3, -0.25) is 4.79 Å². The molecule has 6 heteroatoms. The molecule has 0 aliphatic carbocycles. The molecule has 0 aliphatic heterocycles. The Hall–Kier alpha value is -2.27. The highest BCUT2D eigenvalue weighted by Gasteiger charge is 2.15. The first kappa shape index (κ1) is 12.2. The number of rotatable bonds is 3. The Kier molecular flexibility index (Phi) is 3.34. The summed E-state index contributed by atoms with van der Waals surface area (Å²) in [5.41, 5.74) is 0.428. The SMILES string of the molecule is O=C(O)c1ccc(C(=O)Nc2ccccc2Cl)o1. The van der Waals surface area contributed by atoms with E-state index in [4.69, 9.17) is 21.1 Å². The lowest BCUT2D eigenvalue weighted by Gasteiger charge is -2.04. The van der Waals surface area contributed by atoms with Gasteiger partial charge < -0.3 is 14.8 Å². The topological polar surface area (TPSA) is 79.5 Å². The number of carboxylic acid groups (broad SMARTS) is 1. The zero-order valence-electron chi connectivity index (χ0n) is 9.01. The summed E-state index contributed by atoms with van der Waals surface area (Å²) < 4.78 is 4.86. The summed E-state index contributed by atoms with van der Waals surface area (Å²) in [7, 11) is 0. The second-order valence-electron chi connectivity index (χ2n) is 3.40. The van der Waals surface area contributed by atoms with Gasteiger partial charge in [-0.05, 0) is 24.3 Å². The molecule has 1 heterocycles. The largest absolute Gasteiger partial charge is 0.475 e. The van der Waals surface area contributed by atoms with Gasteiger partial charge in [0.05, 0.1) is 10.7 Å². The molecule has 1 aromatic carbocycles. The van der Waals surface area contributed by atoms with Crippen molar-refractivity contribution in [3.63, 3.8) is 0 Å². The zero-order valence-corrected chi connectivity index (χ0v) is 9.77. The quantitative estimate of drug-likeness (QED) is 0.894. The van der Waals surface area contributed by atoms with E-state index < -0.39 is 11.9 Å². The average Bonchev–Trinajstić information content (AvgIpc) is 2.81. The normalized spacial score (nSPS) is 10.1. The molecule has 0 saturated heterocycles. The highest BCUT2D eigenvalue weighted by atomic mass is 35.5. The number of aromatic carboxylic acids is 1. The number of hydrogen-bond acceptors (Lipinski definition) is 3. The minimum absolute atomic E-state index is 0.0904. The fourth-order valence-corrected chi connectivity index (χ4v) is 1.50. The first-order chi connectivity index (χ1) is 8.58. The van der Waals surface area contributed by atoms with Gasteiger partial charge in [0.2, 0.25) is 5.76 Å². The van der Waals surface area contributed by atoms with Crippen LogP contribution in [0.1, 0.15) is 21.1 Å². The van der Waals surface area contributed by atoms with Gasteiger partial charge in [-0.2, -0.15) is 0 Å². The van der Waals surface area contributed by atoms with Crippen LogP contribution in [0.5, 0.6) is 0 Å². The molecule has 0 spiro atoms. The fourth-order valence-electron chi connectivity index (χ4n) is 1.32. The van der Waals surface area contributed by atoms with E-state index in [1.807, 2.05) is 0 Å². The molecule has 0 aliphatic rings. The Morgan fingerprint density at radius 3 is 2.39 bits per heavy atom. The maximum absolute atomic E-state index is 11.7. The minimum Gasteiger partial charge on any atom is -0.475 e. The van der Waals surface area contributed by atoms with Gasteiger partial charge >= 0.3 is 5.97 Å². The fraction of sp³-hybridized carbons (Fsp3) is 0. The summed E-state index contributed by atoms with van der Waals surface area (Å²) >= 11 is 5.87. The van der Waals surface area contributed by atoms with E-state index in [2.05, 4.69) is 5.32 Å². The van der Waals surface area contributed by atoms with Gasteiger partial charge in [-0.1, -0.05) is 23.7 Å². The number of para-hydroxylation sites is 1. The van der Waals surface area contributed by atoms with Crippen molar-refractivity contribution in [1.82, 2.24) is 0 Å². The molecular weight excluding hydrogens is 258 g/mol. The number of halogens is 1. The molecule has 5 nitrogen and oxygen atoms in total. The molecule has 92 valence electrons. The Balaban J connectivity index is 2.17. The third-order valence-corrected chi connectivity index (χ3v) is 2.49. The molecule has 0 saturated carbocycles. The summed E-state index contributed by atoms with van der Waals surface area (Å²) in [6, 6.07) is 9.20. The van der Waals surface area contributed by atoms with Crippen molar-refractivity contribution in [2.45, 2.75) is 0 Å². The number of amides is 1. The molecule has 0 radical (unpaired) electrons. The molecule has 0 atom stereocenters. The number of benzene rings is 1. The average molecular weight is 266 g/mol. The van der Waals surface area contributed by atoms with Crippen LogP contribution in [-0.2, 0) is 0 Å². The van der Waals surface area contributed by atoms with Crippen LogP contribution in [0.3, 0.4) is 0 Å². The van der Waals surface area contributed by atoms with Crippen molar-refractivity contribution in [3.8, 4) is 0 Å². The van der Waals surface area contributed by atoms with Gasteiger partial charge in [0.1, 0.15) is 0 Å². The number of anilines is 1. The summed E-state index contributed by atoms with van der Waals surface area (Å²) in [4.78, 5) is 22.3. The standard InChI is InChI=1S/C12H8ClNO4/c13-7-3-1-2-4-8(7)14-11(15)9-5-6-10(18-9)12(16)17/h1-6H,(H,14,15)(H,16,17). The van der Waals surface area contributed by atoms with Crippen molar-refractivity contribution in [1.29, 1.82) is 0 Å². The lowest BCUT2D eigenvalue weighted by atomic mass is 10.3. The van der Waals surface area contributed by atoms with E-state index in [-0.39, 0.29) is 11.5 Å². The van der Waals surface area contributed by atoms with Crippen LogP contribution in [0.15, 0.2) is 40.8 Å². The van der Waals surface area contributed by atoms with Crippen LogP contribution in [0, 0.1) is 0 Å². The molecule has 2 N–H and O–H groups in total. The first-order valence-corrected chi connectivity index (χ1v) is 5.35. The van der Waals surface area contributed by atoms with E-state index in [1.165, 1.54) is 12.1 Å². The summed E-state index contributed by atoms with van der Waals surface area (Å²) in [6.07, 6.45) is 0. The molecule has 0 bridgehead atoms. The van der Waals surface area contributed by atoms with Crippen molar-refractivity contribution < 1.29 is 19.1 Å². The molecule has 0 fully saturated rings. The zero-order chi connectivity index (χ0) is 13.1. The van der Waals surface area contributed by atoms with Gasteiger partial charge in [0.15, 0.2) is 5.76 Å². The third kappa shape index (κ3) is 2.52. The predicted molar refractivity (Wildman–Crippen MR) is 65.1 cm³/mol. The van der Waals surface area contributed by atoms with Crippen molar-refractivity contribution in [2.75, 3.05) is 5.32 Å². The van der Waals surface area contributed by atoms with Crippen LogP contribution in [-0.4, -0.2) is 17.0 Å². The van der Waals surface area contributed by atoms with Gasteiger partial charge in [-0.25, -0.2) is 4.79 Å². The number of hydrogen-bond donors (Lipinski definition) is 2. The van der Waals surface area contributed by atoms with E-state index in [9.17, 15) is 9.59 Å². The van der Waals surface area contributed by atoms with Gasteiger partial charge in [0, 0.05) is 0 Å². The van der Waals surface area contributed by atoms with Crippen LogP contribution < -0.4 is 5.32 Å². The van der Waals surface area contributed by atoms with Gasteiger partial charge in [0.25, 0.3) is 5.91 Å². The second-order valence-corrected chi connectivity index (χ2v) is 3.81. The monoisotopic (exact) mass is 265 g/mol. The molecule has 2 rings (SSSR count). The molecular formula is C12H8ClNO4. The minimum atomic E-state index is -1.23. The first-order valence-electron chi connectivity index (χ1n) is 4.97. The number of carbonyl (C=O) groups is 2. The van der Waals surface area contributed by atoms with E-state index in [1.54, 1.807) is 24.3 Å². The summed E-state index contributed by atoms with van der Waals surface area (Å²) in [5.74, 6) is -2.17. The molecule has 0 unspecified atom stereocenters. The maximum atomic E-state index is 11.7. The number of furan rings is 1. The Bertz CT molecular complexity index is 606. The third-order valence-electron chi connectivity index (χ3n) is 2.16. The molecule has 18 heavy (non-hydrogen) atoms. The van der Waals surface area contributed by atoms with E-state index in [0.717, 1.165) is 0 Å². The smallest absolute Gasteiger partial charge is 0.371 e. The van der Waals surface area contributed by atoms with Crippen LogP contribution in [0.4, 0.5) is 5.69 Å². The van der Waals surface area contributed by atoms with Crippen molar-refractivity contribution in [2.24, 2.45) is 0 Å². The van der Waals surface area contributed by atoms with Crippen LogP contribution >= 0.6 is 11.6 Å². The van der Waals surface area contributed by atoms with E-state index in [0.29, 0.717) is 10.7 Å².